The highest BCUT2D eigenvalue weighted by atomic mass is 35.5. The molecular formula is C34H36ClN5O5. The second-order valence-electron chi connectivity index (χ2n) is 11.3. The second kappa shape index (κ2) is 13.1. The van der Waals surface area contributed by atoms with Gasteiger partial charge in [0.1, 0.15) is 23.9 Å². The molecule has 6 aromatic rings. The van der Waals surface area contributed by atoms with Crippen molar-refractivity contribution in [2.75, 3.05) is 20.8 Å². The van der Waals surface area contributed by atoms with Gasteiger partial charge in [-0.1, -0.05) is 31.5 Å². The molecule has 0 aliphatic heterocycles. The van der Waals surface area contributed by atoms with Gasteiger partial charge in [0.15, 0.2) is 0 Å². The molecule has 2 N–H and O–H groups in total. The molecular weight excluding hydrogens is 594 g/mol. The van der Waals surface area contributed by atoms with Gasteiger partial charge < -0.3 is 29.1 Å². The van der Waals surface area contributed by atoms with Gasteiger partial charge in [0.25, 0.3) is 11.1 Å². The molecule has 234 valence electrons. The number of ether oxygens (including phenoxy) is 3. The molecule has 0 bridgehead atoms. The molecule has 6 rings (SSSR count). The molecule has 10 nitrogen and oxygen atoms in total. The number of aromatic nitrogens is 4. The van der Waals surface area contributed by atoms with Gasteiger partial charge in [-0.2, -0.15) is 0 Å². The molecule has 0 saturated carbocycles. The van der Waals surface area contributed by atoms with Crippen LogP contribution in [0.15, 0.2) is 70.8 Å². The molecule has 0 aliphatic rings. The first-order chi connectivity index (χ1) is 21.5. The molecule has 0 amide bonds. The average molecular weight is 630 g/mol. The summed E-state index contributed by atoms with van der Waals surface area (Å²) in [6, 6.07) is 11.2. The van der Waals surface area contributed by atoms with Gasteiger partial charge in [0.05, 0.1) is 48.4 Å². The van der Waals surface area contributed by atoms with Gasteiger partial charge in [0.2, 0.25) is 0 Å². The summed E-state index contributed by atoms with van der Waals surface area (Å²) in [5, 5.41) is 5.04. The lowest BCUT2D eigenvalue weighted by molar-refractivity contribution is 0.271. The number of nitrogens with zero attached hydrogens (tertiary/aromatic N) is 4. The number of methoxy groups -OCH3 is 2. The van der Waals surface area contributed by atoms with Crippen molar-refractivity contribution in [3.63, 3.8) is 0 Å². The van der Waals surface area contributed by atoms with Crippen LogP contribution in [0.5, 0.6) is 17.2 Å². The number of rotatable bonds is 7. The van der Waals surface area contributed by atoms with Crippen LogP contribution in [0.3, 0.4) is 0 Å². The van der Waals surface area contributed by atoms with Crippen LogP contribution in [0.4, 0.5) is 0 Å². The Hall–Kier alpha value is -4.67. The van der Waals surface area contributed by atoms with Crippen molar-refractivity contribution >= 4 is 55.0 Å². The quantitative estimate of drug-likeness (QED) is 0.227. The molecule has 0 unspecified atom stereocenters. The summed E-state index contributed by atoms with van der Waals surface area (Å²) in [4.78, 5) is 33.2. The fourth-order valence-corrected chi connectivity index (χ4v) is 5.78. The van der Waals surface area contributed by atoms with E-state index in [1.807, 2.05) is 24.3 Å². The van der Waals surface area contributed by atoms with Crippen molar-refractivity contribution in [1.82, 2.24) is 19.1 Å². The zero-order chi connectivity index (χ0) is 32.4. The van der Waals surface area contributed by atoms with E-state index in [1.165, 1.54) is 0 Å². The van der Waals surface area contributed by atoms with Crippen LogP contribution in [0.2, 0.25) is 5.02 Å². The third-order valence-corrected chi connectivity index (χ3v) is 8.00. The molecule has 0 aliphatic carbocycles. The smallest absolute Gasteiger partial charge is 0.260 e. The van der Waals surface area contributed by atoms with Gasteiger partial charge in [-0.3, -0.25) is 19.6 Å². The Kier molecular flexibility index (Phi) is 9.27. The minimum atomic E-state index is -0.118. The number of benzene rings is 2. The normalized spacial score (nSPS) is 12.0. The Bertz CT molecular complexity index is 2160. The van der Waals surface area contributed by atoms with E-state index >= 15 is 0 Å². The van der Waals surface area contributed by atoms with E-state index < -0.39 is 0 Å². The summed E-state index contributed by atoms with van der Waals surface area (Å²) in [6.07, 6.45) is 7.27. The van der Waals surface area contributed by atoms with Crippen molar-refractivity contribution < 1.29 is 14.2 Å². The van der Waals surface area contributed by atoms with Crippen molar-refractivity contribution in [2.45, 2.75) is 26.3 Å². The average Bonchev–Trinajstić information content (AvgIpc) is 3.04. The van der Waals surface area contributed by atoms with E-state index in [-0.39, 0.29) is 17.2 Å². The van der Waals surface area contributed by atoms with Crippen LogP contribution < -0.4 is 31.1 Å². The number of halogens is 1. The zero-order valence-corrected chi connectivity index (χ0v) is 26.9. The maximum atomic E-state index is 12.7. The van der Waals surface area contributed by atoms with E-state index in [9.17, 15) is 9.59 Å². The standard InChI is InChI=1S/C20H25N3O3.C14H11ClN2O2/c1-12(2)7-13(21)11-26-14-5-6-15-17(8-14)23(3)20(24)16-9-22-10-18(25-4)19(15)16;1-17-11-5-8(15)3-4-9(11)13-10(14(17)18)6-16-7-12(13)19-2/h5-6,8-10,12-13H,7,11,21H2,1-4H3;3-7H,1-2H3/t13-;/m0./s1. The molecule has 4 heterocycles. The van der Waals surface area contributed by atoms with E-state index in [0.29, 0.717) is 45.6 Å². The highest BCUT2D eigenvalue weighted by molar-refractivity contribution is 6.31. The molecule has 2 aromatic carbocycles. The Morgan fingerprint density at radius 3 is 1.80 bits per heavy atom. The number of fused-ring (bicyclic) bond motifs is 6. The first-order valence-corrected chi connectivity index (χ1v) is 14.9. The predicted octanol–water partition coefficient (Wildman–Crippen LogP) is 5.60. The Morgan fingerprint density at radius 2 is 1.29 bits per heavy atom. The Morgan fingerprint density at radius 1 is 0.778 bits per heavy atom. The Balaban J connectivity index is 0.000000186. The van der Waals surface area contributed by atoms with Crippen LogP contribution in [0, 0.1) is 5.92 Å². The summed E-state index contributed by atoms with van der Waals surface area (Å²) in [5.41, 5.74) is 7.42. The highest BCUT2D eigenvalue weighted by Crippen LogP contribution is 2.32. The number of hydrogen-bond donors (Lipinski definition) is 1. The molecule has 0 spiro atoms. The SMILES string of the molecule is COc1cncc2c(=O)n(C)c3cc(Cl)ccc3c12.COc1cncc2c(=O)n(C)c3cc(OC[C@@H](N)CC(C)C)ccc3c12. The van der Waals surface area contributed by atoms with E-state index in [4.69, 9.17) is 31.5 Å². The van der Waals surface area contributed by atoms with E-state index in [0.717, 1.165) is 39.0 Å². The van der Waals surface area contributed by atoms with Crippen molar-refractivity contribution in [3.8, 4) is 17.2 Å². The summed E-state index contributed by atoms with van der Waals surface area (Å²) in [6.45, 7) is 4.72. The van der Waals surface area contributed by atoms with Gasteiger partial charge in [-0.25, -0.2) is 0 Å². The first-order valence-electron chi connectivity index (χ1n) is 14.5. The zero-order valence-electron chi connectivity index (χ0n) is 26.1. The lowest BCUT2D eigenvalue weighted by atomic mass is 10.1. The summed E-state index contributed by atoms with van der Waals surface area (Å²) in [7, 11) is 6.61. The third-order valence-electron chi connectivity index (χ3n) is 7.76. The maximum absolute atomic E-state index is 12.7. The molecule has 11 heteroatoms. The Labute approximate surface area is 264 Å². The van der Waals surface area contributed by atoms with Crippen LogP contribution in [0.1, 0.15) is 20.3 Å². The first kappa shape index (κ1) is 31.7. The molecule has 0 fully saturated rings. The number of pyridine rings is 4. The van der Waals surface area contributed by atoms with Gasteiger partial charge in [-0.05, 0) is 36.6 Å². The van der Waals surface area contributed by atoms with Crippen LogP contribution in [0.25, 0.3) is 43.4 Å². The second-order valence-corrected chi connectivity index (χ2v) is 11.7. The third kappa shape index (κ3) is 6.16. The molecule has 0 saturated heterocycles. The largest absolute Gasteiger partial charge is 0.494 e. The molecule has 1 atom stereocenters. The monoisotopic (exact) mass is 629 g/mol. The van der Waals surface area contributed by atoms with E-state index in [1.54, 1.807) is 74.4 Å². The minimum Gasteiger partial charge on any atom is -0.494 e. The lowest BCUT2D eigenvalue weighted by Gasteiger charge is -2.16. The van der Waals surface area contributed by atoms with Crippen LogP contribution >= 0.6 is 11.6 Å². The summed E-state index contributed by atoms with van der Waals surface area (Å²) in [5.74, 6) is 2.39. The van der Waals surface area contributed by atoms with Crippen LogP contribution in [-0.2, 0) is 14.1 Å². The van der Waals surface area contributed by atoms with Crippen molar-refractivity contribution in [2.24, 2.45) is 25.7 Å². The van der Waals surface area contributed by atoms with Crippen molar-refractivity contribution in [3.05, 3.63) is 86.9 Å². The number of aryl methyl sites for hydroxylation is 2. The molecule has 45 heavy (non-hydrogen) atoms. The lowest BCUT2D eigenvalue weighted by Crippen LogP contribution is -2.29. The number of nitrogens with two attached hydrogens (primary N) is 1. The molecule has 4 aromatic heterocycles. The highest BCUT2D eigenvalue weighted by Gasteiger charge is 2.15. The van der Waals surface area contributed by atoms with Gasteiger partial charge in [-0.15, -0.1) is 0 Å². The number of hydrogen-bond acceptors (Lipinski definition) is 8. The topological polar surface area (TPSA) is 123 Å². The molecule has 0 radical (unpaired) electrons. The fraction of sp³-hybridized carbons (Fsp3) is 0.294. The van der Waals surface area contributed by atoms with Gasteiger partial charge >= 0.3 is 0 Å². The fourth-order valence-electron chi connectivity index (χ4n) is 5.61. The predicted molar refractivity (Wildman–Crippen MR) is 180 cm³/mol. The minimum absolute atomic E-state index is 0.0164. The summed E-state index contributed by atoms with van der Waals surface area (Å²) >= 11 is 6.01. The van der Waals surface area contributed by atoms with Gasteiger partial charge in [0, 0.05) is 65.2 Å². The van der Waals surface area contributed by atoms with Crippen molar-refractivity contribution in [1.29, 1.82) is 0 Å². The summed E-state index contributed by atoms with van der Waals surface area (Å²) < 4.78 is 19.8. The maximum Gasteiger partial charge on any atom is 0.260 e. The van der Waals surface area contributed by atoms with Crippen LogP contribution in [-0.4, -0.2) is 46.0 Å². The van der Waals surface area contributed by atoms with E-state index in [2.05, 4.69) is 23.8 Å².